The van der Waals surface area contributed by atoms with Crippen molar-refractivity contribution in [2.75, 3.05) is 7.11 Å². The summed E-state index contributed by atoms with van der Waals surface area (Å²) in [6, 6.07) is 22.5. The number of carbonyl (C=O) groups excluding carboxylic acids is 1. The molecular weight excluding hydrogens is 330 g/mol. The van der Waals surface area contributed by atoms with Crippen molar-refractivity contribution in [1.82, 2.24) is 0 Å². The third-order valence-corrected chi connectivity index (χ3v) is 4.80. The highest BCUT2D eigenvalue weighted by Crippen LogP contribution is 2.27. The molecule has 122 valence electrons. The number of rotatable bonds is 5. The summed E-state index contributed by atoms with van der Waals surface area (Å²) in [5.41, 5.74) is 2.10. The summed E-state index contributed by atoms with van der Waals surface area (Å²) < 4.78 is 5.11. The first-order chi connectivity index (χ1) is 12.2. The van der Waals surface area contributed by atoms with Crippen molar-refractivity contribution >= 4 is 28.8 Å². The lowest BCUT2D eigenvalue weighted by Crippen LogP contribution is -1.98. The highest BCUT2D eigenvalue weighted by molar-refractivity contribution is 7.15. The second-order valence-electron chi connectivity index (χ2n) is 5.30. The number of carbonyl (C=O) groups is 1. The Bertz CT molecular complexity index is 948. The predicted octanol–water partition coefficient (Wildman–Crippen LogP) is 5.05. The van der Waals surface area contributed by atoms with Gasteiger partial charge in [-0.05, 0) is 48.0 Å². The minimum Gasteiger partial charge on any atom is -0.497 e. The fourth-order valence-electron chi connectivity index (χ4n) is 2.36. The molecule has 0 radical (unpaired) electrons. The van der Waals surface area contributed by atoms with Crippen LogP contribution >= 0.6 is 11.3 Å². The van der Waals surface area contributed by atoms with Crippen LogP contribution in [0.4, 0.5) is 0 Å². The van der Waals surface area contributed by atoms with Crippen molar-refractivity contribution in [1.29, 1.82) is 5.26 Å². The topological polar surface area (TPSA) is 50.1 Å². The van der Waals surface area contributed by atoms with Crippen LogP contribution in [0.15, 0.2) is 66.7 Å². The summed E-state index contributed by atoms with van der Waals surface area (Å²) in [6.07, 6.45) is 1.83. The number of hydrogen-bond donors (Lipinski definition) is 0. The molecular formula is C21H15NO2S. The van der Waals surface area contributed by atoms with Gasteiger partial charge in [-0.2, -0.15) is 5.26 Å². The number of allylic oxidation sites excluding steroid dienone is 1. The average molecular weight is 345 g/mol. The van der Waals surface area contributed by atoms with Gasteiger partial charge in [0.25, 0.3) is 0 Å². The molecule has 3 rings (SSSR count). The summed E-state index contributed by atoms with van der Waals surface area (Å²) in [5, 5.41) is 9.45. The summed E-state index contributed by atoms with van der Waals surface area (Å²) in [6.45, 7) is 0. The van der Waals surface area contributed by atoms with Gasteiger partial charge in [-0.25, -0.2) is 0 Å². The first-order valence-electron chi connectivity index (χ1n) is 7.67. The van der Waals surface area contributed by atoms with Crippen LogP contribution in [-0.4, -0.2) is 12.9 Å². The van der Waals surface area contributed by atoms with E-state index < -0.39 is 0 Å². The Labute approximate surface area is 150 Å². The number of nitriles is 1. The highest BCUT2D eigenvalue weighted by atomic mass is 32.1. The van der Waals surface area contributed by atoms with Gasteiger partial charge in [0.15, 0.2) is 0 Å². The fraction of sp³-hybridized carbons (Fsp3) is 0.0476. The van der Waals surface area contributed by atoms with Crippen LogP contribution in [0.3, 0.4) is 0 Å². The molecule has 0 saturated heterocycles. The van der Waals surface area contributed by atoms with E-state index in [-0.39, 0.29) is 5.78 Å². The Hall–Kier alpha value is -3.16. The summed E-state index contributed by atoms with van der Waals surface area (Å²) in [7, 11) is 1.59. The molecule has 0 aliphatic rings. The van der Waals surface area contributed by atoms with E-state index >= 15 is 0 Å². The minimum absolute atomic E-state index is 0.0593. The van der Waals surface area contributed by atoms with Crippen LogP contribution in [0, 0.1) is 11.3 Å². The molecule has 0 amide bonds. The number of benzene rings is 2. The maximum absolute atomic E-state index is 12.6. The van der Waals surface area contributed by atoms with Crippen LogP contribution in [0.1, 0.15) is 25.7 Å². The van der Waals surface area contributed by atoms with Crippen LogP contribution in [0.25, 0.3) is 11.6 Å². The van der Waals surface area contributed by atoms with Crippen LogP contribution < -0.4 is 4.74 Å². The third-order valence-electron chi connectivity index (χ3n) is 3.68. The number of ketones is 1. The Balaban J connectivity index is 1.87. The third kappa shape index (κ3) is 3.85. The molecule has 0 unspecified atom stereocenters. The molecule has 0 aliphatic carbocycles. The van der Waals surface area contributed by atoms with Gasteiger partial charge in [0, 0.05) is 10.4 Å². The van der Waals surface area contributed by atoms with Gasteiger partial charge < -0.3 is 4.74 Å². The first-order valence-corrected chi connectivity index (χ1v) is 8.48. The van der Waals surface area contributed by atoms with E-state index in [1.54, 1.807) is 37.4 Å². The number of thiophene rings is 1. The smallest absolute Gasteiger partial charge is 0.202 e. The standard InChI is InChI=1S/C21H15NO2S/c1-24-18-9-7-16(8-10-18)21(23)20-12-11-19(25-20)17(14-22)13-15-5-3-2-4-6-15/h2-13H,1H3/b17-13+. The SMILES string of the molecule is COc1ccc(C(=O)c2ccc(/C(C#N)=C/c3ccccc3)s2)cc1. The highest BCUT2D eigenvalue weighted by Gasteiger charge is 2.14. The van der Waals surface area contributed by atoms with Crippen LogP contribution in [0.2, 0.25) is 0 Å². The molecule has 0 aliphatic heterocycles. The van der Waals surface area contributed by atoms with Gasteiger partial charge in [-0.1, -0.05) is 30.3 Å². The van der Waals surface area contributed by atoms with Crippen molar-refractivity contribution in [3.05, 3.63) is 87.6 Å². The van der Waals surface area contributed by atoms with Crippen molar-refractivity contribution in [2.45, 2.75) is 0 Å². The molecule has 2 aromatic carbocycles. The molecule has 1 heterocycles. The average Bonchev–Trinajstić information content (AvgIpc) is 3.16. The van der Waals surface area contributed by atoms with Crippen molar-refractivity contribution < 1.29 is 9.53 Å². The number of nitrogens with zero attached hydrogens (tertiary/aromatic N) is 1. The zero-order valence-electron chi connectivity index (χ0n) is 13.6. The maximum atomic E-state index is 12.6. The van der Waals surface area contributed by atoms with Gasteiger partial charge in [0.05, 0.1) is 17.6 Å². The van der Waals surface area contributed by atoms with Crippen LogP contribution in [-0.2, 0) is 0 Å². The van der Waals surface area contributed by atoms with Gasteiger partial charge in [-0.3, -0.25) is 4.79 Å². The zero-order chi connectivity index (χ0) is 17.6. The Morgan fingerprint density at radius 1 is 1.00 bits per heavy atom. The summed E-state index contributed by atoms with van der Waals surface area (Å²) in [5.74, 6) is 0.650. The van der Waals surface area contributed by atoms with E-state index in [4.69, 9.17) is 4.74 Å². The molecule has 0 N–H and O–H groups in total. The van der Waals surface area contributed by atoms with Gasteiger partial charge in [0.1, 0.15) is 11.8 Å². The fourth-order valence-corrected chi connectivity index (χ4v) is 3.30. The molecule has 0 atom stereocenters. The monoisotopic (exact) mass is 345 g/mol. The molecule has 25 heavy (non-hydrogen) atoms. The molecule has 4 heteroatoms. The minimum atomic E-state index is -0.0593. The second-order valence-corrected chi connectivity index (χ2v) is 6.39. The Morgan fingerprint density at radius 2 is 1.68 bits per heavy atom. The zero-order valence-corrected chi connectivity index (χ0v) is 14.4. The lowest BCUT2D eigenvalue weighted by atomic mass is 10.1. The van der Waals surface area contributed by atoms with Crippen molar-refractivity contribution in [2.24, 2.45) is 0 Å². The maximum Gasteiger partial charge on any atom is 0.202 e. The van der Waals surface area contributed by atoms with Gasteiger partial charge in [0.2, 0.25) is 5.78 Å². The Kier molecular flexibility index (Phi) is 5.08. The van der Waals surface area contributed by atoms with Crippen molar-refractivity contribution in [3.8, 4) is 11.8 Å². The first kappa shape index (κ1) is 16.7. The second kappa shape index (κ2) is 7.61. The molecule has 0 fully saturated rings. The van der Waals surface area contributed by atoms with E-state index in [1.807, 2.05) is 42.5 Å². The summed E-state index contributed by atoms with van der Waals surface area (Å²) >= 11 is 1.33. The summed E-state index contributed by atoms with van der Waals surface area (Å²) in [4.78, 5) is 14.0. The van der Waals surface area contributed by atoms with Gasteiger partial charge in [-0.15, -0.1) is 11.3 Å². The number of hydrogen-bond acceptors (Lipinski definition) is 4. The number of ether oxygens (including phenoxy) is 1. The molecule has 1 aromatic heterocycles. The van der Waals surface area contributed by atoms with E-state index in [9.17, 15) is 10.1 Å². The van der Waals surface area contributed by atoms with E-state index in [0.717, 1.165) is 10.4 Å². The molecule has 3 aromatic rings. The quantitative estimate of drug-likeness (QED) is 0.480. The largest absolute Gasteiger partial charge is 0.497 e. The van der Waals surface area contributed by atoms with Crippen LogP contribution in [0.5, 0.6) is 5.75 Å². The lowest BCUT2D eigenvalue weighted by molar-refractivity contribution is 0.104. The number of methoxy groups -OCH3 is 1. The van der Waals surface area contributed by atoms with Gasteiger partial charge >= 0.3 is 0 Å². The molecule has 3 nitrogen and oxygen atoms in total. The molecule has 0 spiro atoms. The Morgan fingerprint density at radius 3 is 2.32 bits per heavy atom. The van der Waals surface area contributed by atoms with E-state index in [1.165, 1.54) is 11.3 Å². The molecule has 0 bridgehead atoms. The van der Waals surface area contributed by atoms with E-state index in [2.05, 4.69) is 6.07 Å². The van der Waals surface area contributed by atoms with Crippen molar-refractivity contribution in [3.63, 3.8) is 0 Å². The lowest BCUT2D eigenvalue weighted by Gasteiger charge is -2.01. The predicted molar refractivity (Wildman–Crippen MR) is 101 cm³/mol. The normalized spacial score (nSPS) is 11.0. The van der Waals surface area contributed by atoms with E-state index in [0.29, 0.717) is 21.8 Å². The molecule has 0 saturated carbocycles.